The third kappa shape index (κ3) is 5.49. The summed E-state index contributed by atoms with van der Waals surface area (Å²) < 4.78 is 12.8. The number of aromatic nitrogens is 1. The van der Waals surface area contributed by atoms with Crippen molar-refractivity contribution in [3.8, 4) is 33.7 Å². The van der Waals surface area contributed by atoms with Crippen molar-refractivity contribution >= 4 is 82.4 Å². The predicted octanol–water partition coefficient (Wildman–Crippen LogP) is 15.7. The molecule has 2 aromatic heterocycles. The number of nitrogens with zero attached hydrogens (tertiary/aromatic N) is 2. The molecule has 59 heavy (non-hydrogen) atoms. The van der Waals surface area contributed by atoms with Gasteiger partial charge in [-0.1, -0.05) is 140 Å². The summed E-state index contributed by atoms with van der Waals surface area (Å²) in [5.41, 5.74) is 12.2. The van der Waals surface area contributed by atoms with Crippen LogP contribution in [-0.2, 0) is 0 Å². The van der Waals surface area contributed by atoms with Crippen LogP contribution in [0.2, 0.25) is 0 Å². The first kappa shape index (κ1) is 33.2. The van der Waals surface area contributed by atoms with Crippen molar-refractivity contribution in [1.82, 2.24) is 4.98 Å². The van der Waals surface area contributed by atoms with Gasteiger partial charge in [0.05, 0.1) is 5.69 Å². The molecular formula is C55H34N2O2. The molecule has 276 valence electrons. The summed E-state index contributed by atoms with van der Waals surface area (Å²) in [6, 6.07) is 73.0. The highest BCUT2D eigenvalue weighted by Crippen LogP contribution is 2.45. The van der Waals surface area contributed by atoms with Crippen molar-refractivity contribution in [2.24, 2.45) is 0 Å². The average Bonchev–Trinajstić information content (AvgIpc) is 3.92. The lowest BCUT2D eigenvalue weighted by molar-refractivity contribution is 0.623. The average molecular weight is 755 g/mol. The van der Waals surface area contributed by atoms with Gasteiger partial charge in [-0.15, -0.1) is 0 Å². The highest BCUT2D eigenvalue weighted by Gasteiger charge is 2.20. The maximum Gasteiger partial charge on any atom is 0.227 e. The molecule has 0 saturated heterocycles. The van der Waals surface area contributed by atoms with Gasteiger partial charge in [0.15, 0.2) is 5.58 Å². The van der Waals surface area contributed by atoms with Gasteiger partial charge in [-0.2, -0.15) is 0 Å². The van der Waals surface area contributed by atoms with Crippen LogP contribution in [-0.4, -0.2) is 4.98 Å². The first-order valence-electron chi connectivity index (χ1n) is 19.9. The molecule has 0 aliphatic heterocycles. The summed E-state index contributed by atoms with van der Waals surface area (Å²) in [6.07, 6.45) is 0. The van der Waals surface area contributed by atoms with E-state index in [0.29, 0.717) is 5.89 Å². The molecule has 0 bridgehead atoms. The number of rotatable bonds is 6. The highest BCUT2D eigenvalue weighted by molar-refractivity contribution is 6.27. The van der Waals surface area contributed by atoms with Crippen molar-refractivity contribution in [2.45, 2.75) is 0 Å². The summed E-state index contributed by atoms with van der Waals surface area (Å²) in [5.74, 6) is 0.622. The molecule has 10 aromatic carbocycles. The molecular weight excluding hydrogens is 721 g/mol. The Morgan fingerprint density at radius 2 is 0.983 bits per heavy atom. The fourth-order valence-electron chi connectivity index (χ4n) is 8.85. The lowest BCUT2D eigenvalue weighted by Crippen LogP contribution is -2.10. The zero-order valence-corrected chi connectivity index (χ0v) is 31.8. The van der Waals surface area contributed by atoms with Crippen LogP contribution in [0, 0.1) is 0 Å². The van der Waals surface area contributed by atoms with Gasteiger partial charge < -0.3 is 13.7 Å². The minimum absolute atomic E-state index is 0.622. The van der Waals surface area contributed by atoms with E-state index in [1.54, 1.807) is 0 Å². The number of oxazole rings is 1. The van der Waals surface area contributed by atoms with E-state index in [9.17, 15) is 0 Å². The van der Waals surface area contributed by atoms with E-state index >= 15 is 0 Å². The first-order valence-corrected chi connectivity index (χ1v) is 19.9. The second kappa shape index (κ2) is 13.3. The van der Waals surface area contributed by atoms with Gasteiger partial charge in [-0.05, 0) is 105 Å². The van der Waals surface area contributed by atoms with Gasteiger partial charge in [0.1, 0.15) is 16.7 Å². The topological polar surface area (TPSA) is 42.4 Å². The van der Waals surface area contributed by atoms with E-state index in [2.05, 4.69) is 169 Å². The molecule has 0 unspecified atom stereocenters. The van der Waals surface area contributed by atoms with E-state index in [1.165, 1.54) is 5.56 Å². The van der Waals surface area contributed by atoms with Crippen LogP contribution < -0.4 is 4.90 Å². The van der Waals surface area contributed by atoms with Crippen molar-refractivity contribution in [3.63, 3.8) is 0 Å². The Balaban J connectivity index is 1.06. The Morgan fingerprint density at radius 3 is 1.83 bits per heavy atom. The zero-order chi connectivity index (χ0) is 38.9. The maximum absolute atomic E-state index is 6.66. The second-order valence-electron chi connectivity index (χ2n) is 15.1. The number of hydrogen-bond donors (Lipinski definition) is 0. The third-order valence-corrected chi connectivity index (χ3v) is 11.7. The highest BCUT2D eigenvalue weighted by atomic mass is 16.3. The quantitative estimate of drug-likeness (QED) is 0.159. The minimum Gasteiger partial charge on any atom is -0.456 e. The molecule has 0 aliphatic carbocycles. The molecule has 12 aromatic rings. The summed E-state index contributed by atoms with van der Waals surface area (Å²) in [6.45, 7) is 0. The lowest BCUT2D eigenvalue weighted by Gasteiger charge is -2.28. The Hall–Kier alpha value is -7.95. The van der Waals surface area contributed by atoms with E-state index in [-0.39, 0.29) is 0 Å². The molecule has 4 heteroatoms. The second-order valence-corrected chi connectivity index (χ2v) is 15.1. The molecule has 0 N–H and O–H groups in total. The Morgan fingerprint density at radius 1 is 0.356 bits per heavy atom. The Kier molecular flexibility index (Phi) is 7.50. The van der Waals surface area contributed by atoms with Gasteiger partial charge in [-0.25, -0.2) is 4.98 Å². The summed E-state index contributed by atoms with van der Waals surface area (Å²) in [7, 11) is 0. The molecule has 0 aliphatic rings. The molecule has 12 rings (SSSR count). The molecule has 0 atom stereocenters. The monoisotopic (exact) mass is 754 g/mol. The Labute approximate surface area is 339 Å². The molecule has 2 heterocycles. The molecule has 0 radical (unpaired) electrons. The van der Waals surface area contributed by atoms with Gasteiger partial charge in [-0.3, -0.25) is 0 Å². The van der Waals surface area contributed by atoms with Gasteiger partial charge in [0.25, 0.3) is 0 Å². The van der Waals surface area contributed by atoms with Crippen LogP contribution in [0.5, 0.6) is 0 Å². The molecule has 0 amide bonds. The van der Waals surface area contributed by atoms with Crippen LogP contribution in [0.15, 0.2) is 215 Å². The molecule has 4 nitrogen and oxygen atoms in total. The van der Waals surface area contributed by atoms with Crippen LogP contribution in [0.25, 0.3) is 99.1 Å². The zero-order valence-electron chi connectivity index (χ0n) is 31.8. The van der Waals surface area contributed by atoms with Crippen molar-refractivity contribution in [1.29, 1.82) is 0 Å². The molecule has 0 spiro atoms. The summed E-state index contributed by atoms with van der Waals surface area (Å²) in [5, 5.41) is 9.02. The molecule has 0 saturated carbocycles. The van der Waals surface area contributed by atoms with Gasteiger partial charge in [0.2, 0.25) is 5.89 Å². The van der Waals surface area contributed by atoms with E-state index in [4.69, 9.17) is 13.8 Å². The standard InChI is InChI=1S/C55H34N2O2/c1-3-11-35(12-4-1)40-15-9-16-43(33-40)57(42-28-23-36(24-29-42)41-27-32-51-47(34-41)45-17-7-8-20-50(45)58-51)49-19-10-18-46-44(49)30-25-37-21-22-38-26-31-48-54(53(38)52(37)46)59-55(56-48)39-13-5-2-6-14-39/h1-34H. The number of benzene rings is 10. The Bertz CT molecular complexity index is 3550. The number of furan rings is 1. The predicted molar refractivity (Wildman–Crippen MR) is 245 cm³/mol. The number of fused-ring (bicyclic) bond motifs is 10. The first-order chi connectivity index (χ1) is 29.2. The van der Waals surface area contributed by atoms with Crippen LogP contribution in [0.3, 0.4) is 0 Å². The van der Waals surface area contributed by atoms with Crippen molar-refractivity contribution in [2.75, 3.05) is 4.90 Å². The van der Waals surface area contributed by atoms with Gasteiger partial charge in [0, 0.05) is 43.9 Å². The van der Waals surface area contributed by atoms with Gasteiger partial charge >= 0.3 is 0 Å². The van der Waals surface area contributed by atoms with E-state index in [1.807, 2.05) is 42.5 Å². The van der Waals surface area contributed by atoms with Crippen molar-refractivity contribution in [3.05, 3.63) is 206 Å². The number of para-hydroxylation sites is 1. The fourth-order valence-corrected chi connectivity index (χ4v) is 8.85. The van der Waals surface area contributed by atoms with E-state index < -0.39 is 0 Å². The summed E-state index contributed by atoms with van der Waals surface area (Å²) >= 11 is 0. The maximum atomic E-state index is 6.66. The van der Waals surface area contributed by atoms with E-state index in [0.717, 1.165) is 105 Å². The largest absolute Gasteiger partial charge is 0.456 e. The fraction of sp³-hybridized carbons (Fsp3) is 0. The smallest absolute Gasteiger partial charge is 0.227 e. The number of hydrogen-bond acceptors (Lipinski definition) is 4. The minimum atomic E-state index is 0.622. The van der Waals surface area contributed by atoms with Crippen LogP contribution in [0.4, 0.5) is 17.1 Å². The normalized spacial score (nSPS) is 11.7. The molecule has 0 fully saturated rings. The lowest BCUT2D eigenvalue weighted by atomic mass is 9.94. The summed E-state index contributed by atoms with van der Waals surface area (Å²) in [4.78, 5) is 7.34. The SMILES string of the molecule is c1ccc(-c2cccc(N(c3ccc(-c4ccc5oc6ccccc6c5c4)cc3)c3cccc4c3ccc3ccc5ccc6nc(-c7ccccc7)oc6c5c34)c2)cc1. The van der Waals surface area contributed by atoms with Crippen LogP contribution >= 0.6 is 0 Å². The van der Waals surface area contributed by atoms with Crippen LogP contribution in [0.1, 0.15) is 0 Å². The number of anilines is 3. The third-order valence-electron chi connectivity index (χ3n) is 11.7. The van der Waals surface area contributed by atoms with Crippen molar-refractivity contribution < 1.29 is 8.83 Å².